The Balaban J connectivity index is 1.73. The highest BCUT2D eigenvalue weighted by Gasteiger charge is 2.26. The normalized spacial score (nSPS) is 13.2. The molecule has 8 nitrogen and oxygen atoms in total. The Hall–Kier alpha value is -2.65. The summed E-state index contributed by atoms with van der Waals surface area (Å²) in [6.45, 7) is 0.117. The number of tetrazole rings is 1. The number of hydrogen-bond acceptors (Lipinski definition) is 7. The van der Waals surface area contributed by atoms with Gasteiger partial charge in [-0.05, 0) is 34.2 Å². The van der Waals surface area contributed by atoms with Gasteiger partial charge in [0.1, 0.15) is 0 Å². The fourth-order valence-corrected chi connectivity index (χ4v) is 4.07. The average Bonchev–Trinajstić information content (AvgIpc) is 3.25. The number of aromatic nitrogens is 4. The van der Waals surface area contributed by atoms with Crippen molar-refractivity contribution in [3.63, 3.8) is 0 Å². The summed E-state index contributed by atoms with van der Waals surface area (Å²) < 4.78 is 37.2. The molecule has 0 radical (unpaired) electrons. The van der Waals surface area contributed by atoms with Gasteiger partial charge in [-0.3, -0.25) is 0 Å². The lowest BCUT2D eigenvalue weighted by molar-refractivity contribution is 0.174. The van der Waals surface area contributed by atoms with Crippen LogP contribution < -0.4 is 9.47 Å². The summed E-state index contributed by atoms with van der Waals surface area (Å²) in [5, 5.41) is 11.1. The molecule has 1 aromatic heterocycles. The van der Waals surface area contributed by atoms with Crippen LogP contribution in [0.5, 0.6) is 11.5 Å². The van der Waals surface area contributed by atoms with E-state index >= 15 is 0 Å². The van der Waals surface area contributed by atoms with Crippen molar-refractivity contribution < 1.29 is 17.9 Å². The average molecular weight is 379 g/mol. The van der Waals surface area contributed by atoms with Crippen LogP contribution in [0.2, 0.25) is 5.02 Å². The smallest absolute Gasteiger partial charge is 0.272 e. The van der Waals surface area contributed by atoms with E-state index in [2.05, 4.69) is 15.5 Å². The van der Waals surface area contributed by atoms with E-state index in [-0.39, 0.29) is 17.7 Å². The van der Waals surface area contributed by atoms with Gasteiger partial charge in [-0.2, -0.15) is 4.68 Å². The zero-order valence-corrected chi connectivity index (χ0v) is 14.2. The number of fused-ring (bicyclic) bond motifs is 1. The topological polar surface area (TPSA) is 96.2 Å². The second-order valence-electron chi connectivity index (χ2n) is 5.26. The summed E-state index contributed by atoms with van der Waals surface area (Å²) >= 11 is 6.06. The molecule has 0 aliphatic carbocycles. The maximum absolute atomic E-state index is 12.8. The Morgan fingerprint density at radius 2 is 1.92 bits per heavy atom. The number of hydrogen-bond donors (Lipinski definition) is 0. The monoisotopic (exact) mass is 378 g/mol. The number of sulfone groups is 1. The van der Waals surface area contributed by atoms with Gasteiger partial charge in [0.25, 0.3) is 5.16 Å². The van der Waals surface area contributed by atoms with Crippen LogP contribution in [0.3, 0.4) is 0 Å². The van der Waals surface area contributed by atoms with Crippen molar-refractivity contribution in [1.29, 1.82) is 0 Å². The second kappa shape index (κ2) is 6.01. The van der Waals surface area contributed by atoms with Crippen LogP contribution >= 0.6 is 11.6 Å². The summed E-state index contributed by atoms with van der Waals surface area (Å²) in [7, 11) is -3.82. The molecule has 0 N–H and O–H groups in total. The lowest BCUT2D eigenvalue weighted by atomic mass is 10.2. The second-order valence-corrected chi connectivity index (χ2v) is 7.55. The van der Waals surface area contributed by atoms with Gasteiger partial charge in [-0.15, -0.1) is 0 Å². The van der Waals surface area contributed by atoms with E-state index in [1.54, 1.807) is 42.5 Å². The SMILES string of the molecule is O=S(=O)(Cc1ccccc1Cl)c1nnnn1-c1ccc2c(c1)OCO2. The van der Waals surface area contributed by atoms with E-state index in [4.69, 9.17) is 21.1 Å². The number of rotatable bonds is 4. The van der Waals surface area contributed by atoms with Gasteiger partial charge >= 0.3 is 0 Å². The van der Waals surface area contributed by atoms with E-state index < -0.39 is 9.84 Å². The van der Waals surface area contributed by atoms with Crippen molar-refractivity contribution in [3.05, 3.63) is 53.1 Å². The van der Waals surface area contributed by atoms with Gasteiger partial charge < -0.3 is 9.47 Å². The molecule has 0 bridgehead atoms. The van der Waals surface area contributed by atoms with Crippen molar-refractivity contribution in [3.8, 4) is 17.2 Å². The molecule has 128 valence electrons. The van der Waals surface area contributed by atoms with Crippen LogP contribution in [-0.4, -0.2) is 35.4 Å². The third-order valence-electron chi connectivity index (χ3n) is 3.62. The van der Waals surface area contributed by atoms with E-state index in [1.165, 1.54) is 0 Å². The molecule has 1 aliphatic heterocycles. The molecular formula is C15H11ClN4O4S. The zero-order chi connectivity index (χ0) is 17.4. The summed E-state index contributed by atoms with van der Waals surface area (Å²) in [5.74, 6) is 0.775. The number of ether oxygens (including phenoxy) is 2. The summed E-state index contributed by atoms with van der Waals surface area (Å²) in [5.41, 5.74) is 0.927. The minimum absolute atomic E-state index is 0.117. The predicted molar refractivity (Wildman–Crippen MR) is 87.6 cm³/mol. The highest BCUT2D eigenvalue weighted by atomic mass is 35.5. The van der Waals surface area contributed by atoms with Crippen LogP contribution in [0, 0.1) is 0 Å². The molecule has 0 unspecified atom stereocenters. The van der Waals surface area contributed by atoms with Crippen molar-refractivity contribution in [2.45, 2.75) is 10.9 Å². The predicted octanol–water partition coefficient (Wildman–Crippen LogP) is 2.02. The van der Waals surface area contributed by atoms with Crippen molar-refractivity contribution >= 4 is 21.4 Å². The molecule has 0 saturated heterocycles. The van der Waals surface area contributed by atoms with Gasteiger partial charge in [0, 0.05) is 11.1 Å². The fourth-order valence-electron chi connectivity index (χ4n) is 2.44. The standard InChI is InChI=1S/C15H11ClN4O4S/c16-12-4-2-1-3-10(12)8-25(21,22)15-17-18-19-20(15)11-5-6-13-14(7-11)24-9-23-13/h1-7H,8-9H2. The Morgan fingerprint density at radius 1 is 1.12 bits per heavy atom. The van der Waals surface area contributed by atoms with Crippen molar-refractivity contribution in [2.75, 3.05) is 6.79 Å². The van der Waals surface area contributed by atoms with Gasteiger partial charge in [0.2, 0.25) is 16.6 Å². The Bertz CT molecular complexity index is 1050. The minimum Gasteiger partial charge on any atom is -0.454 e. The Labute approximate surface area is 147 Å². The van der Waals surface area contributed by atoms with Gasteiger partial charge in [-0.25, -0.2) is 8.42 Å². The van der Waals surface area contributed by atoms with Crippen LogP contribution in [-0.2, 0) is 15.6 Å². The van der Waals surface area contributed by atoms with Gasteiger partial charge in [0.15, 0.2) is 11.5 Å². The largest absolute Gasteiger partial charge is 0.454 e. The molecule has 0 atom stereocenters. The lowest BCUT2D eigenvalue weighted by Crippen LogP contribution is -2.13. The first kappa shape index (κ1) is 15.9. The minimum atomic E-state index is -3.82. The number of halogens is 1. The van der Waals surface area contributed by atoms with E-state index in [0.29, 0.717) is 27.8 Å². The number of benzene rings is 2. The van der Waals surface area contributed by atoms with Crippen molar-refractivity contribution in [2.24, 2.45) is 0 Å². The Morgan fingerprint density at radius 3 is 2.76 bits per heavy atom. The van der Waals surface area contributed by atoms with Crippen molar-refractivity contribution in [1.82, 2.24) is 20.2 Å². The van der Waals surface area contributed by atoms with Gasteiger partial charge in [-0.1, -0.05) is 34.9 Å². The first-order valence-corrected chi connectivity index (χ1v) is 9.22. The molecule has 2 heterocycles. The quantitative estimate of drug-likeness (QED) is 0.685. The first-order valence-electron chi connectivity index (χ1n) is 7.19. The Kier molecular flexibility index (Phi) is 3.81. The molecule has 0 fully saturated rings. The fraction of sp³-hybridized carbons (Fsp3) is 0.133. The molecule has 0 amide bonds. The molecule has 0 saturated carbocycles. The third kappa shape index (κ3) is 2.92. The summed E-state index contributed by atoms with van der Waals surface area (Å²) in [4.78, 5) is 0. The van der Waals surface area contributed by atoms with Crippen LogP contribution in [0.4, 0.5) is 0 Å². The molecule has 10 heteroatoms. The molecule has 2 aromatic carbocycles. The highest BCUT2D eigenvalue weighted by Crippen LogP contribution is 2.34. The highest BCUT2D eigenvalue weighted by molar-refractivity contribution is 7.90. The van der Waals surface area contributed by atoms with E-state index in [0.717, 1.165) is 4.68 Å². The maximum Gasteiger partial charge on any atom is 0.272 e. The summed E-state index contributed by atoms with van der Waals surface area (Å²) in [6, 6.07) is 11.7. The zero-order valence-electron chi connectivity index (χ0n) is 12.7. The molecule has 4 rings (SSSR count). The molecular weight excluding hydrogens is 368 g/mol. The molecule has 0 spiro atoms. The molecule has 3 aromatic rings. The number of nitrogens with zero attached hydrogens (tertiary/aromatic N) is 4. The maximum atomic E-state index is 12.8. The summed E-state index contributed by atoms with van der Waals surface area (Å²) in [6.07, 6.45) is 0. The van der Waals surface area contributed by atoms with Crippen LogP contribution in [0.1, 0.15) is 5.56 Å². The third-order valence-corrected chi connectivity index (χ3v) is 5.49. The van der Waals surface area contributed by atoms with Gasteiger partial charge in [0.05, 0.1) is 11.4 Å². The van der Waals surface area contributed by atoms with Crippen LogP contribution in [0.15, 0.2) is 47.6 Å². The molecule has 25 heavy (non-hydrogen) atoms. The van der Waals surface area contributed by atoms with E-state index in [9.17, 15) is 8.42 Å². The van der Waals surface area contributed by atoms with Crippen LogP contribution in [0.25, 0.3) is 5.69 Å². The lowest BCUT2D eigenvalue weighted by Gasteiger charge is -2.07. The molecule has 1 aliphatic rings. The first-order chi connectivity index (χ1) is 12.0. The van der Waals surface area contributed by atoms with E-state index in [1.807, 2.05) is 0 Å².